The van der Waals surface area contributed by atoms with Gasteiger partial charge >= 0.3 is 5.97 Å². The second-order valence-electron chi connectivity index (χ2n) is 4.50. The summed E-state index contributed by atoms with van der Waals surface area (Å²) in [5, 5.41) is 10.6. The summed E-state index contributed by atoms with van der Waals surface area (Å²) in [7, 11) is 1.17. The molecular weight excluding hydrogens is 369 g/mol. The maximum atomic E-state index is 14.4. The number of rotatable bonds is 4. The van der Waals surface area contributed by atoms with Crippen LogP contribution in [0.15, 0.2) is 40.9 Å². The third kappa shape index (κ3) is 3.81. The molecule has 0 unspecified atom stereocenters. The number of esters is 1. The van der Waals surface area contributed by atoms with E-state index in [1.54, 1.807) is 24.3 Å². The third-order valence-electron chi connectivity index (χ3n) is 3.07. The van der Waals surface area contributed by atoms with Gasteiger partial charge in [-0.1, -0.05) is 18.2 Å². The molecule has 0 aliphatic heterocycles. The van der Waals surface area contributed by atoms with Crippen molar-refractivity contribution >= 4 is 39.7 Å². The maximum Gasteiger partial charge on any atom is 0.342 e. The number of carbonyl (C=O) groups is 1. The van der Waals surface area contributed by atoms with Gasteiger partial charge in [-0.3, -0.25) is 10.1 Å². The summed E-state index contributed by atoms with van der Waals surface area (Å²) >= 11 is 3.11. The zero-order valence-electron chi connectivity index (χ0n) is 12.0. The third-order valence-corrected chi connectivity index (χ3v) is 3.73. The van der Waals surface area contributed by atoms with Crippen LogP contribution in [0.2, 0.25) is 0 Å². The lowest BCUT2D eigenvalue weighted by atomic mass is 10.1. The number of nitro benzene ring substituents is 1. The van der Waals surface area contributed by atoms with Crippen molar-refractivity contribution in [1.82, 2.24) is 0 Å². The van der Waals surface area contributed by atoms with Crippen molar-refractivity contribution in [2.45, 2.75) is 0 Å². The Morgan fingerprint density at radius 3 is 2.43 bits per heavy atom. The van der Waals surface area contributed by atoms with Crippen LogP contribution in [0, 0.1) is 15.9 Å². The molecule has 118 valence electrons. The summed E-state index contributed by atoms with van der Waals surface area (Å²) in [4.78, 5) is 21.7. The topological polar surface area (TPSA) is 69.4 Å². The number of halogens is 2. The Labute approximate surface area is 139 Å². The maximum absolute atomic E-state index is 14.4. The van der Waals surface area contributed by atoms with E-state index in [0.717, 1.165) is 0 Å². The van der Waals surface area contributed by atoms with Gasteiger partial charge in [0.05, 0.1) is 12.0 Å². The van der Waals surface area contributed by atoms with Crippen LogP contribution in [0.25, 0.3) is 12.2 Å². The van der Waals surface area contributed by atoms with E-state index in [1.165, 1.54) is 31.4 Å². The van der Waals surface area contributed by atoms with E-state index < -0.39 is 16.7 Å². The summed E-state index contributed by atoms with van der Waals surface area (Å²) in [6.07, 6.45) is 3.08. The Bertz CT molecular complexity index is 787. The number of non-ortho nitro benzene ring substituents is 1. The Morgan fingerprint density at radius 2 is 1.87 bits per heavy atom. The van der Waals surface area contributed by atoms with Crippen molar-refractivity contribution in [2.75, 3.05) is 7.11 Å². The number of nitrogens with zero attached hydrogens (tertiary/aromatic N) is 1. The van der Waals surface area contributed by atoms with Crippen molar-refractivity contribution in [2.24, 2.45) is 0 Å². The van der Waals surface area contributed by atoms with Crippen LogP contribution in [0.1, 0.15) is 21.5 Å². The molecule has 2 aromatic rings. The van der Waals surface area contributed by atoms with E-state index in [0.29, 0.717) is 10.0 Å². The molecule has 0 aromatic heterocycles. The van der Waals surface area contributed by atoms with Crippen LogP contribution in [0.3, 0.4) is 0 Å². The van der Waals surface area contributed by atoms with Gasteiger partial charge in [-0.15, -0.1) is 0 Å². The Balaban J connectivity index is 2.32. The number of ether oxygens (including phenoxy) is 1. The van der Waals surface area contributed by atoms with Gasteiger partial charge in [-0.2, -0.15) is 0 Å². The van der Waals surface area contributed by atoms with E-state index in [1.807, 2.05) is 0 Å². The van der Waals surface area contributed by atoms with Gasteiger partial charge in [0.15, 0.2) is 0 Å². The minimum atomic E-state index is -0.778. The van der Waals surface area contributed by atoms with Crippen molar-refractivity contribution in [3.63, 3.8) is 0 Å². The molecule has 7 heteroatoms. The predicted molar refractivity (Wildman–Crippen MR) is 87.5 cm³/mol. The van der Waals surface area contributed by atoms with Crippen LogP contribution < -0.4 is 0 Å². The van der Waals surface area contributed by atoms with Crippen molar-refractivity contribution in [3.05, 3.63) is 73.5 Å². The summed E-state index contributed by atoms with van der Waals surface area (Å²) in [6.45, 7) is 0. The highest BCUT2D eigenvalue weighted by Gasteiger charge is 2.18. The van der Waals surface area contributed by atoms with Gasteiger partial charge in [0.25, 0.3) is 5.69 Å². The highest BCUT2D eigenvalue weighted by Crippen LogP contribution is 2.25. The second-order valence-corrected chi connectivity index (χ2v) is 5.35. The number of nitro groups is 1. The van der Waals surface area contributed by atoms with Crippen molar-refractivity contribution in [3.8, 4) is 0 Å². The monoisotopic (exact) mass is 379 g/mol. The summed E-state index contributed by atoms with van der Waals surface area (Å²) < 4.78 is 19.2. The molecule has 0 spiro atoms. The van der Waals surface area contributed by atoms with E-state index in [9.17, 15) is 19.3 Å². The molecule has 0 radical (unpaired) electrons. The molecule has 0 heterocycles. The SMILES string of the molecule is COC(=O)c1c(Br)ccc(/C=C\c2ccc([N+](=O)[O-])cc2)c1F. The van der Waals surface area contributed by atoms with Crippen LogP contribution in [0.5, 0.6) is 0 Å². The molecule has 0 saturated heterocycles. The van der Waals surface area contributed by atoms with Crippen molar-refractivity contribution < 1.29 is 18.8 Å². The molecule has 2 rings (SSSR count). The fourth-order valence-corrected chi connectivity index (χ4v) is 2.35. The fourth-order valence-electron chi connectivity index (χ4n) is 1.88. The minimum Gasteiger partial charge on any atom is -0.465 e. The summed E-state index contributed by atoms with van der Waals surface area (Å²) in [5.74, 6) is -1.48. The highest BCUT2D eigenvalue weighted by molar-refractivity contribution is 9.10. The predicted octanol–water partition coefficient (Wildman–Crippen LogP) is 4.45. The van der Waals surface area contributed by atoms with Crippen LogP contribution >= 0.6 is 15.9 Å². The number of hydrogen-bond acceptors (Lipinski definition) is 4. The number of hydrogen-bond donors (Lipinski definition) is 0. The zero-order valence-corrected chi connectivity index (χ0v) is 13.5. The van der Waals surface area contributed by atoms with E-state index in [4.69, 9.17) is 0 Å². The lowest BCUT2D eigenvalue weighted by Crippen LogP contribution is -2.06. The first-order chi connectivity index (χ1) is 10.9. The molecule has 0 N–H and O–H groups in total. The summed E-state index contributed by atoms with van der Waals surface area (Å²) in [6, 6.07) is 8.87. The van der Waals surface area contributed by atoms with Crippen LogP contribution in [0.4, 0.5) is 10.1 Å². The average molecular weight is 380 g/mol. The Kier molecular flexibility index (Phi) is 5.23. The molecule has 0 amide bonds. The van der Waals surface area contributed by atoms with E-state index in [2.05, 4.69) is 20.7 Å². The number of carbonyl (C=O) groups excluding carboxylic acids is 1. The van der Waals surface area contributed by atoms with Gasteiger partial charge in [-0.05, 0) is 39.7 Å². The number of methoxy groups -OCH3 is 1. The first kappa shape index (κ1) is 16.8. The Hall–Kier alpha value is -2.54. The zero-order chi connectivity index (χ0) is 17.0. The Morgan fingerprint density at radius 1 is 1.22 bits per heavy atom. The molecule has 23 heavy (non-hydrogen) atoms. The normalized spacial score (nSPS) is 10.7. The smallest absolute Gasteiger partial charge is 0.342 e. The molecule has 0 saturated carbocycles. The van der Waals surface area contributed by atoms with Crippen molar-refractivity contribution in [1.29, 1.82) is 0 Å². The molecular formula is C16H11BrFNO4. The van der Waals surface area contributed by atoms with Gasteiger partial charge < -0.3 is 4.74 Å². The molecule has 5 nitrogen and oxygen atoms in total. The molecule has 0 aliphatic carbocycles. The average Bonchev–Trinajstić information content (AvgIpc) is 2.54. The van der Waals surface area contributed by atoms with Gasteiger partial charge in [0.1, 0.15) is 11.4 Å². The molecule has 2 aromatic carbocycles. The van der Waals surface area contributed by atoms with Gasteiger partial charge in [0, 0.05) is 22.2 Å². The number of benzene rings is 2. The fraction of sp³-hybridized carbons (Fsp3) is 0.0625. The standard InChI is InChI=1S/C16H11BrFNO4/c1-23-16(20)14-13(17)9-6-11(15(14)18)5-2-10-3-7-12(8-4-10)19(21)22/h2-9H,1H3/b5-2-. The molecule has 0 aliphatic rings. The molecule has 0 atom stereocenters. The highest BCUT2D eigenvalue weighted by atomic mass is 79.9. The quantitative estimate of drug-likeness (QED) is 0.340. The summed E-state index contributed by atoms with van der Waals surface area (Å²) in [5.41, 5.74) is 0.660. The lowest BCUT2D eigenvalue weighted by molar-refractivity contribution is -0.384. The van der Waals surface area contributed by atoms with E-state index in [-0.39, 0.29) is 16.8 Å². The van der Waals surface area contributed by atoms with Gasteiger partial charge in [-0.25, -0.2) is 9.18 Å². The first-order valence-electron chi connectivity index (χ1n) is 6.43. The first-order valence-corrected chi connectivity index (χ1v) is 7.22. The van der Waals surface area contributed by atoms with Crippen LogP contribution in [-0.2, 0) is 4.74 Å². The minimum absolute atomic E-state index is 0.0232. The molecule has 0 fully saturated rings. The van der Waals surface area contributed by atoms with Gasteiger partial charge in [0.2, 0.25) is 0 Å². The second kappa shape index (κ2) is 7.15. The lowest BCUT2D eigenvalue weighted by Gasteiger charge is -2.06. The largest absolute Gasteiger partial charge is 0.465 e. The van der Waals surface area contributed by atoms with E-state index >= 15 is 0 Å². The van der Waals surface area contributed by atoms with Crippen LogP contribution in [-0.4, -0.2) is 18.0 Å². The molecule has 0 bridgehead atoms.